The maximum Gasteiger partial charge on any atom is 0.264 e. The number of allylic oxidation sites excluding steroid dienone is 1. The van der Waals surface area contributed by atoms with E-state index < -0.39 is 9.84 Å². The fourth-order valence-electron chi connectivity index (χ4n) is 2.46. The van der Waals surface area contributed by atoms with Crippen molar-refractivity contribution < 1.29 is 17.9 Å². The first-order chi connectivity index (χ1) is 12.9. The van der Waals surface area contributed by atoms with Crippen molar-refractivity contribution in [2.45, 2.75) is 11.3 Å². The molecule has 1 amide bonds. The normalized spacial score (nSPS) is 11.3. The Hall–Kier alpha value is -2.71. The van der Waals surface area contributed by atoms with Crippen molar-refractivity contribution in [2.75, 3.05) is 18.2 Å². The Bertz CT molecular complexity index is 1100. The van der Waals surface area contributed by atoms with Crippen LogP contribution in [0.5, 0.6) is 5.75 Å². The number of thiazole rings is 1. The van der Waals surface area contributed by atoms with Crippen LogP contribution in [-0.4, -0.2) is 32.2 Å². The molecule has 0 fully saturated rings. The third kappa shape index (κ3) is 4.72. The zero-order valence-electron chi connectivity index (χ0n) is 14.6. The summed E-state index contributed by atoms with van der Waals surface area (Å²) >= 11 is 1.21. The number of amides is 1. The van der Waals surface area contributed by atoms with Gasteiger partial charge < -0.3 is 4.74 Å². The summed E-state index contributed by atoms with van der Waals surface area (Å²) in [7, 11) is -3.29. The topological polar surface area (TPSA) is 85.4 Å². The molecule has 1 heterocycles. The van der Waals surface area contributed by atoms with Crippen LogP contribution in [-0.2, 0) is 21.1 Å². The maximum absolute atomic E-state index is 12.2. The van der Waals surface area contributed by atoms with Gasteiger partial charge in [0.15, 0.2) is 21.6 Å². The Morgan fingerprint density at radius 3 is 2.81 bits per heavy atom. The molecule has 140 valence electrons. The number of carbonyl (C=O) groups excluding carboxylic acids is 1. The number of rotatable bonds is 7. The molecule has 0 saturated heterocycles. The van der Waals surface area contributed by atoms with Crippen molar-refractivity contribution in [3.05, 3.63) is 60.7 Å². The molecule has 1 N–H and O–H groups in total. The van der Waals surface area contributed by atoms with E-state index in [0.29, 0.717) is 27.5 Å². The average Bonchev–Trinajstić information content (AvgIpc) is 3.01. The molecule has 0 radical (unpaired) electrons. The van der Waals surface area contributed by atoms with E-state index in [1.165, 1.54) is 17.4 Å². The molecular formula is C19H18N2O4S2. The van der Waals surface area contributed by atoms with Gasteiger partial charge in [0.2, 0.25) is 0 Å². The van der Waals surface area contributed by atoms with Crippen LogP contribution in [0.3, 0.4) is 0 Å². The number of hydrogen-bond acceptors (Lipinski definition) is 6. The number of nitrogens with one attached hydrogen (secondary N) is 1. The van der Waals surface area contributed by atoms with Gasteiger partial charge in [-0.3, -0.25) is 10.1 Å². The van der Waals surface area contributed by atoms with Crippen molar-refractivity contribution in [1.29, 1.82) is 0 Å². The third-order valence-electron chi connectivity index (χ3n) is 3.73. The van der Waals surface area contributed by atoms with E-state index >= 15 is 0 Å². The van der Waals surface area contributed by atoms with Gasteiger partial charge in [-0.25, -0.2) is 13.4 Å². The first-order valence-corrected chi connectivity index (χ1v) is 10.8. The van der Waals surface area contributed by atoms with Gasteiger partial charge in [0.25, 0.3) is 5.91 Å². The molecule has 0 spiro atoms. The molecule has 1 aromatic heterocycles. The first-order valence-electron chi connectivity index (χ1n) is 8.09. The fraction of sp³-hybridized carbons (Fsp3) is 0.158. The number of anilines is 1. The molecular weight excluding hydrogens is 384 g/mol. The Morgan fingerprint density at radius 2 is 2.07 bits per heavy atom. The number of sulfone groups is 1. The van der Waals surface area contributed by atoms with Crippen LogP contribution < -0.4 is 10.1 Å². The van der Waals surface area contributed by atoms with Crippen LogP contribution in [0.4, 0.5) is 5.13 Å². The molecule has 0 aliphatic heterocycles. The number of carbonyl (C=O) groups is 1. The first kappa shape index (κ1) is 19.1. The molecule has 3 rings (SSSR count). The van der Waals surface area contributed by atoms with E-state index in [1.54, 1.807) is 24.3 Å². The summed E-state index contributed by atoms with van der Waals surface area (Å²) in [6.45, 7) is 3.56. The summed E-state index contributed by atoms with van der Waals surface area (Å²) in [4.78, 5) is 16.7. The molecule has 0 atom stereocenters. The predicted octanol–water partition coefficient (Wildman–Crippen LogP) is 3.45. The maximum atomic E-state index is 12.2. The van der Waals surface area contributed by atoms with Crippen molar-refractivity contribution >= 4 is 42.4 Å². The Balaban J connectivity index is 1.68. The summed E-state index contributed by atoms with van der Waals surface area (Å²) in [5.41, 5.74) is 1.58. The predicted molar refractivity (Wildman–Crippen MR) is 107 cm³/mol. The lowest BCUT2D eigenvalue weighted by atomic mass is 10.1. The monoisotopic (exact) mass is 402 g/mol. The van der Waals surface area contributed by atoms with Crippen molar-refractivity contribution in [2.24, 2.45) is 0 Å². The van der Waals surface area contributed by atoms with E-state index in [4.69, 9.17) is 4.74 Å². The molecule has 8 heteroatoms. The number of aromatic nitrogens is 1. The second kappa shape index (κ2) is 7.89. The quantitative estimate of drug-likeness (QED) is 0.612. The highest BCUT2D eigenvalue weighted by Crippen LogP contribution is 2.28. The summed E-state index contributed by atoms with van der Waals surface area (Å²) in [6, 6.07) is 12.1. The smallest absolute Gasteiger partial charge is 0.264 e. The van der Waals surface area contributed by atoms with E-state index in [1.807, 2.05) is 18.2 Å². The molecule has 0 saturated carbocycles. The zero-order valence-corrected chi connectivity index (χ0v) is 16.3. The lowest BCUT2D eigenvalue weighted by Crippen LogP contribution is -2.20. The van der Waals surface area contributed by atoms with Crippen molar-refractivity contribution in [3.63, 3.8) is 0 Å². The van der Waals surface area contributed by atoms with Crippen LogP contribution in [0.1, 0.15) is 5.56 Å². The lowest BCUT2D eigenvalue weighted by Gasteiger charge is -2.09. The highest BCUT2D eigenvalue weighted by Gasteiger charge is 2.13. The van der Waals surface area contributed by atoms with Gasteiger partial charge in [0.05, 0.1) is 15.1 Å². The summed E-state index contributed by atoms with van der Waals surface area (Å²) < 4.78 is 29.6. The number of ether oxygens (including phenoxy) is 1. The molecule has 27 heavy (non-hydrogen) atoms. The van der Waals surface area contributed by atoms with E-state index in [9.17, 15) is 13.2 Å². The third-order valence-corrected chi connectivity index (χ3v) is 5.77. The van der Waals surface area contributed by atoms with Crippen LogP contribution in [0.2, 0.25) is 0 Å². The summed E-state index contributed by atoms with van der Waals surface area (Å²) in [5, 5.41) is 3.08. The number of benzene rings is 2. The van der Waals surface area contributed by atoms with Crippen molar-refractivity contribution in [3.8, 4) is 5.75 Å². The van der Waals surface area contributed by atoms with Gasteiger partial charge in [-0.1, -0.05) is 35.6 Å². The Kier molecular flexibility index (Phi) is 5.57. The fourth-order valence-corrected chi connectivity index (χ4v) is 4.10. The van der Waals surface area contributed by atoms with E-state index in [-0.39, 0.29) is 17.4 Å². The molecule has 2 aromatic carbocycles. The van der Waals surface area contributed by atoms with Gasteiger partial charge in [-0.05, 0) is 36.2 Å². The number of para-hydroxylation sites is 1. The lowest BCUT2D eigenvalue weighted by molar-refractivity contribution is -0.118. The minimum atomic E-state index is -3.29. The SMILES string of the molecule is C=CCc1ccccc1OCC(=O)Nc1nc2ccc(S(C)(=O)=O)cc2s1. The highest BCUT2D eigenvalue weighted by molar-refractivity contribution is 7.90. The number of hydrogen-bond donors (Lipinski definition) is 1. The van der Waals surface area contributed by atoms with E-state index in [0.717, 1.165) is 11.8 Å². The van der Waals surface area contributed by atoms with Crippen LogP contribution in [0.25, 0.3) is 10.2 Å². The molecule has 0 aliphatic carbocycles. The number of fused-ring (bicyclic) bond motifs is 1. The Morgan fingerprint density at radius 1 is 1.30 bits per heavy atom. The van der Waals surface area contributed by atoms with Crippen LogP contribution in [0.15, 0.2) is 60.0 Å². The van der Waals surface area contributed by atoms with Crippen LogP contribution in [0, 0.1) is 0 Å². The van der Waals surface area contributed by atoms with Crippen molar-refractivity contribution in [1.82, 2.24) is 4.98 Å². The van der Waals surface area contributed by atoms with Gasteiger partial charge in [0, 0.05) is 6.26 Å². The van der Waals surface area contributed by atoms with Gasteiger partial charge in [0.1, 0.15) is 5.75 Å². The largest absolute Gasteiger partial charge is 0.483 e. The number of nitrogens with zero attached hydrogens (tertiary/aromatic N) is 1. The molecule has 0 aliphatic rings. The molecule has 0 bridgehead atoms. The second-order valence-corrected chi connectivity index (χ2v) is 8.90. The summed E-state index contributed by atoms with van der Waals surface area (Å²) in [5.74, 6) is 0.292. The molecule has 3 aromatic rings. The van der Waals surface area contributed by atoms with E-state index in [2.05, 4.69) is 16.9 Å². The molecule has 0 unspecified atom stereocenters. The van der Waals surface area contributed by atoms with Gasteiger partial charge in [-0.15, -0.1) is 6.58 Å². The molecule has 6 nitrogen and oxygen atoms in total. The van der Waals surface area contributed by atoms with Gasteiger partial charge in [-0.2, -0.15) is 0 Å². The van der Waals surface area contributed by atoms with Crippen LogP contribution >= 0.6 is 11.3 Å². The standard InChI is InChI=1S/C19H18N2O4S2/c1-3-6-13-7-4-5-8-16(13)25-12-18(22)21-19-20-15-10-9-14(27(2,23)24)11-17(15)26-19/h3-5,7-11H,1,6,12H2,2H3,(H,20,21,22). The minimum absolute atomic E-state index is 0.154. The zero-order chi connectivity index (χ0) is 19.4. The minimum Gasteiger partial charge on any atom is -0.483 e. The second-order valence-electron chi connectivity index (χ2n) is 5.86. The highest BCUT2D eigenvalue weighted by atomic mass is 32.2. The Labute approximate surface area is 161 Å². The van der Waals surface area contributed by atoms with Gasteiger partial charge >= 0.3 is 0 Å². The average molecular weight is 402 g/mol. The summed E-state index contributed by atoms with van der Waals surface area (Å²) in [6.07, 6.45) is 3.58.